The summed E-state index contributed by atoms with van der Waals surface area (Å²) in [5, 5.41) is 10.7. The molecule has 3 aromatic carbocycles. The summed E-state index contributed by atoms with van der Waals surface area (Å²) in [6, 6.07) is 11.9. The van der Waals surface area contributed by atoms with Crippen LogP contribution in [0, 0.1) is 25.5 Å². The number of carboxylic acid groups (broad SMARTS) is 1. The third-order valence-corrected chi connectivity index (χ3v) is 7.31. The van der Waals surface area contributed by atoms with Gasteiger partial charge in [0.1, 0.15) is 11.6 Å². The molecule has 0 atom stereocenters. The Morgan fingerprint density at radius 1 is 1.03 bits per heavy atom. The van der Waals surface area contributed by atoms with Crippen LogP contribution >= 0.6 is 11.9 Å². The first kappa shape index (κ1) is 22.3. The average Bonchev–Trinajstić information content (AvgIpc) is 2.83. The van der Waals surface area contributed by atoms with E-state index in [0.29, 0.717) is 27.8 Å². The van der Waals surface area contributed by atoms with Gasteiger partial charge >= 0.3 is 5.97 Å². The molecule has 172 valence electrons. The van der Waals surface area contributed by atoms with E-state index in [9.17, 15) is 14.3 Å². The van der Waals surface area contributed by atoms with E-state index >= 15 is 4.39 Å². The van der Waals surface area contributed by atoms with Gasteiger partial charge in [-0.05, 0) is 54.3 Å². The molecule has 0 unspecified atom stereocenters. The Kier molecular flexibility index (Phi) is 5.52. The molecule has 0 aliphatic carbocycles. The third kappa shape index (κ3) is 3.34. The van der Waals surface area contributed by atoms with E-state index in [-0.39, 0.29) is 18.5 Å². The zero-order chi connectivity index (χ0) is 24.1. The highest BCUT2D eigenvalue weighted by molar-refractivity contribution is 7.99. The minimum Gasteiger partial charge on any atom is -0.481 e. The number of hydrogen-bond acceptors (Lipinski definition) is 4. The van der Waals surface area contributed by atoms with Crippen molar-refractivity contribution in [2.45, 2.75) is 26.8 Å². The molecule has 0 radical (unpaired) electrons. The second-order valence-corrected chi connectivity index (χ2v) is 9.19. The Bertz CT molecular complexity index is 1480. The number of rotatable bonds is 4. The summed E-state index contributed by atoms with van der Waals surface area (Å²) in [7, 11) is 0. The molecular formula is C27H22F2N2O2S. The molecule has 1 aliphatic rings. The van der Waals surface area contributed by atoms with E-state index in [2.05, 4.69) is 4.98 Å². The van der Waals surface area contributed by atoms with Crippen LogP contribution < -0.4 is 4.31 Å². The van der Waals surface area contributed by atoms with Crippen molar-refractivity contribution in [1.82, 2.24) is 4.98 Å². The number of aliphatic carboxylic acids is 1. The fourth-order valence-corrected chi connectivity index (χ4v) is 5.77. The SMILES string of the molecule is CSN1Cc2c(F)ccc(F)c2-c2c(C)c(-c3cccc4cccnc34)c(CC(=O)O)c(C)c21. The van der Waals surface area contributed by atoms with Gasteiger partial charge in [-0.15, -0.1) is 0 Å². The molecule has 0 saturated heterocycles. The van der Waals surface area contributed by atoms with Crippen molar-refractivity contribution in [3.63, 3.8) is 0 Å². The molecule has 4 aromatic rings. The van der Waals surface area contributed by atoms with Gasteiger partial charge in [-0.3, -0.25) is 9.78 Å². The van der Waals surface area contributed by atoms with Gasteiger partial charge in [0.25, 0.3) is 0 Å². The lowest BCUT2D eigenvalue weighted by Gasteiger charge is -2.36. The van der Waals surface area contributed by atoms with Crippen LogP contribution in [0.4, 0.5) is 14.5 Å². The molecule has 0 spiro atoms. The van der Waals surface area contributed by atoms with E-state index in [4.69, 9.17) is 0 Å². The van der Waals surface area contributed by atoms with Gasteiger partial charge in [0.2, 0.25) is 0 Å². The molecule has 1 aliphatic heterocycles. The van der Waals surface area contributed by atoms with Crippen molar-refractivity contribution in [2.75, 3.05) is 10.6 Å². The Hall–Kier alpha value is -3.45. The van der Waals surface area contributed by atoms with Crippen LogP contribution in [0.5, 0.6) is 0 Å². The first-order valence-electron chi connectivity index (χ1n) is 10.8. The monoisotopic (exact) mass is 476 g/mol. The van der Waals surface area contributed by atoms with E-state index in [1.807, 2.05) is 54.7 Å². The molecule has 0 bridgehead atoms. The van der Waals surface area contributed by atoms with Crippen molar-refractivity contribution in [2.24, 2.45) is 0 Å². The molecule has 0 amide bonds. The van der Waals surface area contributed by atoms with Gasteiger partial charge in [0, 0.05) is 40.1 Å². The summed E-state index contributed by atoms with van der Waals surface area (Å²) < 4.78 is 32.1. The zero-order valence-corrected chi connectivity index (χ0v) is 19.8. The number of para-hydroxylation sites is 1. The topological polar surface area (TPSA) is 53.4 Å². The highest BCUT2D eigenvalue weighted by Gasteiger charge is 2.33. The molecular weight excluding hydrogens is 454 g/mol. The maximum Gasteiger partial charge on any atom is 0.307 e. The van der Waals surface area contributed by atoms with Crippen molar-refractivity contribution in [3.05, 3.63) is 82.5 Å². The smallest absolute Gasteiger partial charge is 0.307 e. The maximum absolute atomic E-state index is 15.3. The number of fused-ring (bicyclic) bond motifs is 4. The summed E-state index contributed by atoms with van der Waals surface area (Å²) in [5.74, 6) is -1.91. The molecule has 0 saturated carbocycles. The lowest BCUT2D eigenvalue weighted by molar-refractivity contribution is -0.136. The third-order valence-electron chi connectivity index (χ3n) is 6.55. The summed E-state index contributed by atoms with van der Waals surface area (Å²) in [5.41, 5.74) is 6.21. The van der Waals surface area contributed by atoms with Crippen LogP contribution in [0.3, 0.4) is 0 Å². The van der Waals surface area contributed by atoms with Gasteiger partial charge in [-0.2, -0.15) is 0 Å². The fourth-order valence-electron chi connectivity index (χ4n) is 5.10. The number of halogens is 2. The first-order chi connectivity index (χ1) is 16.3. The van der Waals surface area contributed by atoms with E-state index in [0.717, 1.165) is 39.8 Å². The Labute approximate surface area is 200 Å². The predicted octanol–water partition coefficient (Wildman–Crippen LogP) is 6.69. The number of aromatic nitrogens is 1. The largest absolute Gasteiger partial charge is 0.481 e. The van der Waals surface area contributed by atoms with Crippen LogP contribution in [0.1, 0.15) is 22.3 Å². The van der Waals surface area contributed by atoms with Crippen molar-refractivity contribution in [1.29, 1.82) is 0 Å². The van der Waals surface area contributed by atoms with E-state index < -0.39 is 17.6 Å². The molecule has 7 heteroatoms. The van der Waals surface area contributed by atoms with Crippen LogP contribution in [0.15, 0.2) is 48.7 Å². The highest BCUT2D eigenvalue weighted by Crippen LogP contribution is 2.51. The van der Waals surface area contributed by atoms with Crippen LogP contribution in [-0.2, 0) is 17.8 Å². The van der Waals surface area contributed by atoms with Crippen molar-refractivity contribution < 1.29 is 18.7 Å². The van der Waals surface area contributed by atoms with Gasteiger partial charge in [0.05, 0.1) is 24.2 Å². The van der Waals surface area contributed by atoms with E-state index in [1.54, 1.807) is 6.20 Å². The summed E-state index contributed by atoms with van der Waals surface area (Å²) in [6.45, 7) is 3.91. The molecule has 34 heavy (non-hydrogen) atoms. The number of nitrogens with zero attached hydrogens (tertiary/aromatic N) is 2. The predicted molar refractivity (Wildman–Crippen MR) is 133 cm³/mol. The average molecular weight is 477 g/mol. The van der Waals surface area contributed by atoms with Gasteiger partial charge in [-0.25, -0.2) is 8.78 Å². The molecule has 4 nitrogen and oxygen atoms in total. The van der Waals surface area contributed by atoms with Crippen LogP contribution in [0.2, 0.25) is 0 Å². The quantitative estimate of drug-likeness (QED) is 0.333. The highest BCUT2D eigenvalue weighted by atomic mass is 32.2. The van der Waals surface area contributed by atoms with E-state index in [1.165, 1.54) is 11.9 Å². The van der Waals surface area contributed by atoms with Gasteiger partial charge in [-0.1, -0.05) is 36.2 Å². The summed E-state index contributed by atoms with van der Waals surface area (Å²) in [4.78, 5) is 16.5. The van der Waals surface area contributed by atoms with Crippen LogP contribution in [0.25, 0.3) is 33.2 Å². The minimum atomic E-state index is -0.957. The lowest BCUT2D eigenvalue weighted by Crippen LogP contribution is -2.24. The van der Waals surface area contributed by atoms with Gasteiger partial charge in [0.15, 0.2) is 0 Å². The Morgan fingerprint density at radius 3 is 2.50 bits per heavy atom. The number of anilines is 1. The number of carbonyl (C=O) groups is 1. The molecule has 0 fully saturated rings. The van der Waals surface area contributed by atoms with Crippen molar-refractivity contribution >= 4 is 34.5 Å². The van der Waals surface area contributed by atoms with Crippen LogP contribution in [-0.4, -0.2) is 22.3 Å². The lowest BCUT2D eigenvalue weighted by atomic mass is 9.80. The molecule has 2 heterocycles. The van der Waals surface area contributed by atoms with Gasteiger partial charge < -0.3 is 9.41 Å². The Balaban J connectivity index is 1.97. The summed E-state index contributed by atoms with van der Waals surface area (Å²) >= 11 is 1.41. The second kappa shape index (κ2) is 8.40. The zero-order valence-electron chi connectivity index (χ0n) is 18.9. The fraction of sp³-hybridized carbons (Fsp3) is 0.185. The summed E-state index contributed by atoms with van der Waals surface area (Å²) in [6.07, 6.45) is 3.38. The second-order valence-electron chi connectivity index (χ2n) is 8.38. The minimum absolute atomic E-state index is 0.190. The molecule has 1 N–H and O–H groups in total. The molecule has 5 rings (SSSR count). The Morgan fingerprint density at radius 2 is 1.76 bits per heavy atom. The standard InChI is InChI=1S/C27H22F2N2O2S/c1-14-18(12-22(32)33)23(17-8-4-6-16-7-5-11-30-26(16)17)15(2)24-25-19(13-31(34-3)27(14)24)20(28)9-10-21(25)29/h4-11H,12-13H2,1-3H3,(H,32,33). The number of hydrogen-bond donors (Lipinski definition) is 1. The number of pyridine rings is 1. The maximum atomic E-state index is 15.3. The number of carboxylic acids is 1. The number of benzene rings is 3. The first-order valence-corrected chi connectivity index (χ1v) is 12.0. The molecule has 1 aromatic heterocycles. The van der Waals surface area contributed by atoms with Crippen molar-refractivity contribution in [3.8, 4) is 22.3 Å². The normalized spacial score (nSPS) is 12.6.